The molecule has 3 aromatic rings. The van der Waals surface area contributed by atoms with Crippen molar-refractivity contribution in [3.63, 3.8) is 0 Å². The van der Waals surface area contributed by atoms with Gasteiger partial charge in [-0.05, 0) is 66.7 Å². The smallest absolute Gasteiger partial charge is 0.0325 e. The molecule has 0 unspecified atom stereocenters. The van der Waals surface area contributed by atoms with Crippen LogP contribution < -0.4 is 11.5 Å². The number of nitrogen functional groups attached to an aromatic ring is 2. The van der Waals surface area contributed by atoms with Crippen LogP contribution in [0, 0.1) is 0 Å². The van der Waals surface area contributed by atoms with Gasteiger partial charge in [0.15, 0.2) is 0 Å². The third kappa shape index (κ3) is 4.00. The van der Waals surface area contributed by atoms with Crippen molar-refractivity contribution in [2.75, 3.05) is 11.5 Å². The minimum Gasteiger partial charge on any atom is -0.399 e. The zero-order valence-electron chi connectivity index (χ0n) is 11.9. The minimum atomic E-state index is 0.790. The lowest BCUT2D eigenvalue weighted by molar-refractivity contribution is 1.33. The average Bonchev–Trinajstić information content (AvgIpc) is 2.52. The van der Waals surface area contributed by atoms with Crippen LogP contribution in [0.25, 0.3) is 0 Å². The maximum absolute atomic E-state index is 5.81. The summed E-state index contributed by atoms with van der Waals surface area (Å²) in [6, 6.07) is 24.4. The van der Waals surface area contributed by atoms with Crippen molar-refractivity contribution in [2.45, 2.75) is 19.6 Å². The molecule has 0 aliphatic heterocycles. The molecule has 0 fully saturated rings. The van der Waals surface area contributed by atoms with Gasteiger partial charge in [0, 0.05) is 31.0 Å². The standard InChI is InChI=1S/C18H16N2S2/c19-13-4-6-15(7-5-13)21-16-8-10-17(11-9-16)22-18-3-1-2-14(20)12-18/h1-12H,19-20H2. The Bertz CT molecular complexity index is 753. The molecule has 0 bridgehead atoms. The predicted octanol–water partition coefficient (Wildman–Crippen LogP) is 5.15. The number of hydrogen-bond donors (Lipinski definition) is 2. The summed E-state index contributed by atoms with van der Waals surface area (Å²) >= 11 is 3.44. The highest BCUT2D eigenvalue weighted by Gasteiger charge is 2.01. The van der Waals surface area contributed by atoms with Gasteiger partial charge in [-0.25, -0.2) is 0 Å². The van der Waals surface area contributed by atoms with Crippen LogP contribution in [0.2, 0.25) is 0 Å². The molecule has 0 spiro atoms. The summed E-state index contributed by atoms with van der Waals surface area (Å²) in [5, 5.41) is 0. The number of hydrogen-bond acceptors (Lipinski definition) is 4. The van der Waals surface area contributed by atoms with Crippen molar-refractivity contribution < 1.29 is 0 Å². The van der Waals surface area contributed by atoms with E-state index in [9.17, 15) is 0 Å². The molecule has 0 amide bonds. The van der Waals surface area contributed by atoms with Crippen LogP contribution >= 0.6 is 23.5 Å². The maximum Gasteiger partial charge on any atom is 0.0325 e. The van der Waals surface area contributed by atoms with E-state index in [1.807, 2.05) is 42.5 Å². The number of nitrogens with two attached hydrogens (primary N) is 2. The van der Waals surface area contributed by atoms with Crippen molar-refractivity contribution in [2.24, 2.45) is 0 Å². The molecule has 0 aliphatic rings. The van der Waals surface area contributed by atoms with Crippen molar-refractivity contribution in [3.8, 4) is 0 Å². The Labute approximate surface area is 138 Å². The van der Waals surface area contributed by atoms with Gasteiger partial charge in [-0.15, -0.1) is 0 Å². The first kappa shape index (κ1) is 14.9. The fourth-order valence-electron chi connectivity index (χ4n) is 1.96. The van der Waals surface area contributed by atoms with Crippen molar-refractivity contribution in [1.82, 2.24) is 0 Å². The van der Waals surface area contributed by atoms with Crippen molar-refractivity contribution in [1.29, 1.82) is 0 Å². The lowest BCUT2D eigenvalue weighted by Gasteiger charge is -2.05. The van der Waals surface area contributed by atoms with Crippen LogP contribution in [0.3, 0.4) is 0 Å². The number of benzene rings is 3. The first-order valence-corrected chi connectivity index (χ1v) is 8.49. The second-order valence-electron chi connectivity index (χ2n) is 4.82. The van der Waals surface area contributed by atoms with Gasteiger partial charge >= 0.3 is 0 Å². The maximum atomic E-state index is 5.81. The van der Waals surface area contributed by atoms with Crippen molar-refractivity contribution >= 4 is 34.9 Å². The summed E-state index contributed by atoms with van der Waals surface area (Å²) in [6.07, 6.45) is 0. The molecule has 2 nitrogen and oxygen atoms in total. The van der Waals surface area contributed by atoms with E-state index >= 15 is 0 Å². The van der Waals surface area contributed by atoms with Gasteiger partial charge in [0.2, 0.25) is 0 Å². The van der Waals surface area contributed by atoms with Gasteiger partial charge in [0.25, 0.3) is 0 Å². The van der Waals surface area contributed by atoms with Crippen LogP contribution in [-0.2, 0) is 0 Å². The van der Waals surface area contributed by atoms with E-state index in [0.717, 1.165) is 16.3 Å². The van der Waals surface area contributed by atoms with Crippen LogP contribution in [0.5, 0.6) is 0 Å². The molecular formula is C18H16N2S2. The fourth-order valence-corrected chi connectivity index (χ4v) is 3.66. The molecule has 0 saturated carbocycles. The summed E-state index contributed by atoms with van der Waals surface area (Å²) < 4.78 is 0. The lowest BCUT2D eigenvalue weighted by Crippen LogP contribution is -1.83. The van der Waals surface area contributed by atoms with Crippen LogP contribution in [0.1, 0.15) is 0 Å². The molecule has 4 N–H and O–H groups in total. The minimum absolute atomic E-state index is 0.790. The normalized spacial score (nSPS) is 10.5. The summed E-state index contributed by atoms with van der Waals surface area (Å²) in [5.74, 6) is 0. The fraction of sp³-hybridized carbons (Fsp3) is 0. The third-order valence-electron chi connectivity index (χ3n) is 3.03. The Hall–Kier alpha value is -2.04. The molecule has 0 saturated heterocycles. The van der Waals surface area contributed by atoms with Gasteiger partial charge in [-0.2, -0.15) is 0 Å². The first-order chi connectivity index (χ1) is 10.7. The average molecular weight is 324 g/mol. The van der Waals surface area contributed by atoms with Gasteiger partial charge < -0.3 is 11.5 Å². The largest absolute Gasteiger partial charge is 0.399 e. The third-order valence-corrected chi connectivity index (χ3v) is 5.05. The Morgan fingerprint density at radius 1 is 0.500 bits per heavy atom. The highest BCUT2D eigenvalue weighted by atomic mass is 32.2. The summed E-state index contributed by atoms with van der Waals surface area (Å²) in [7, 11) is 0. The molecule has 0 aliphatic carbocycles. The first-order valence-electron chi connectivity index (χ1n) is 6.86. The summed E-state index contributed by atoms with van der Waals surface area (Å²) in [5.41, 5.74) is 13.1. The molecule has 0 aromatic heterocycles. The van der Waals surface area contributed by atoms with Gasteiger partial charge in [-0.1, -0.05) is 29.6 Å². The van der Waals surface area contributed by atoms with E-state index < -0.39 is 0 Å². The zero-order valence-corrected chi connectivity index (χ0v) is 13.5. The second kappa shape index (κ2) is 6.81. The highest BCUT2D eigenvalue weighted by Crippen LogP contribution is 2.32. The van der Waals surface area contributed by atoms with Gasteiger partial charge in [0.05, 0.1) is 0 Å². The van der Waals surface area contributed by atoms with Crippen LogP contribution in [-0.4, -0.2) is 0 Å². The Balaban J connectivity index is 1.68. The van der Waals surface area contributed by atoms with E-state index in [1.165, 1.54) is 14.7 Å². The quantitative estimate of drug-likeness (QED) is 0.651. The molecule has 22 heavy (non-hydrogen) atoms. The van der Waals surface area contributed by atoms with E-state index in [2.05, 4.69) is 30.3 Å². The topological polar surface area (TPSA) is 52.0 Å². The summed E-state index contributed by atoms with van der Waals surface area (Å²) in [6.45, 7) is 0. The van der Waals surface area contributed by atoms with E-state index in [4.69, 9.17) is 11.5 Å². The molecule has 3 rings (SSSR count). The Kier molecular flexibility index (Phi) is 4.61. The predicted molar refractivity (Wildman–Crippen MR) is 96.4 cm³/mol. The zero-order chi connectivity index (χ0) is 15.4. The molecule has 4 heteroatoms. The molecule has 3 aromatic carbocycles. The van der Waals surface area contributed by atoms with Crippen LogP contribution in [0.15, 0.2) is 92.4 Å². The van der Waals surface area contributed by atoms with Crippen LogP contribution in [0.4, 0.5) is 11.4 Å². The number of anilines is 2. The Morgan fingerprint density at radius 3 is 1.55 bits per heavy atom. The van der Waals surface area contributed by atoms with E-state index in [0.29, 0.717) is 0 Å². The monoisotopic (exact) mass is 324 g/mol. The van der Waals surface area contributed by atoms with E-state index in [1.54, 1.807) is 23.5 Å². The lowest BCUT2D eigenvalue weighted by atomic mass is 10.3. The molecule has 110 valence electrons. The van der Waals surface area contributed by atoms with E-state index in [-0.39, 0.29) is 0 Å². The molecule has 0 radical (unpaired) electrons. The second-order valence-corrected chi connectivity index (χ2v) is 7.11. The van der Waals surface area contributed by atoms with Gasteiger partial charge in [-0.3, -0.25) is 0 Å². The SMILES string of the molecule is Nc1ccc(Sc2ccc(Sc3cccc(N)c3)cc2)cc1. The molecule has 0 atom stereocenters. The van der Waals surface area contributed by atoms with Gasteiger partial charge in [0.1, 0.15) is 0 Å². The number of rotatable bonds is 4. The molecular weight excluding hydrogens is 308 g/mol. The van der Waals surface area contributed by atoms with Crippen molar-refractivity contribution in [3.05, 3.63) is 72.8 Å². The molecule has 0 heterocycles. The highest BCUT2D eigenvalue weighted by molar-refractivity contribution is 7.99. The summed E-state index contributed by atoms with van der Waals surface area (Å²) in [4.78, 5) is 4.75. The Morgan fingerprint density at radius 2 is 1.00 bits per heavy atom.